The number of hydrogen-bond acceptors (Lipinski definition) is 4. The van der Waals surface area contributed by atoms with Gasteiger partial charge in [0.15, 0.2) is 11.5 Å². The highest BCUT2D eigenvalue weighted by atomic mass is 16.5. The van der Waals surface area contributed by atoms with Crippen LogP contribution in [0.2, 0.25) is 0 Å². The molecule has 3 aromatic rings. The number of carbonyl (C=O) groups excluding carboxylic acids is 1. The van der Waals surface area contributed by atoms with Crippen LogP contribution in [-0.2, 0) is 4.79 Å². The van der Waals surface area contributed by atoms with Crippen molar-refractivity contribution < 1.29 is 14.3 Å². The van der Waals surface area contributed by atoms with Crippen LogP contribution in [0.25, 0.3) is 11.8 Å². The van der Waals surface area contributed by atoms with Crippen LogP contribution in [0, 0.1) is 0 Å². The minimum Gasteiger partial charge on any atom is -0.493 e. The van der Waals surface area contributed by atoms with Crippen LogP contribution < -0.4 is 14.8 Å². The van der Waals surface area contributed by atoms with Gasteiger partial charge >= 0.3 is 0 Å². The highest BCUT2D eigenvalue weighted by Crippen LogP contribution is 2.28. The number of rotatable bonds is 7. The molecular weight excluding hydrogens is 342 g/mol. The number of aromatic nitrogens is 2. The lowest BCUT2D eigenvalue weighted by molar-refractivity contribution is -0.111. The summed E-state index contributed by atoms with van der Waals surface area (Å²) in [6, 6.07) is 14.8. The Morgan fingerprint density at radius 1 is 1.19 bits per heavy atom. The Bertz CT molecular complexity index is 934. The predicted octanol–water partition coefficient (Wildman–Crippen LogP) is 3.93. The van der Waals surface area contributed by atoms with E-state index in [-0.39, 0.29) is 5.91 Å². The molecule has 0 aliphatic heterocycles. The Hall–Kier alpha value is -3.54. The number of ether oxygens (including phenoxy) is 2. The van der Waals surface area contributed by atoms with E-state index in [2.05, 4.69) is 10.4 Å². The summed E-state index contributed by atoms with van der Waals surface area (Å²) in [6.07, 6.45) is 6.73. The molecule has 138 valence electrons. The number of amides is 1. The highest BCUT2D eigenvalue weighted by Gasteiger charge is 2.07. The van der Waals surface area contributed by atoms with E-state index in [1.54, 1.807) is 24.1 Å². The van der Waals surface area contributed by atoms with Crippen molar-refractivity contribution in [3.05, 3.63) is 72.6 Å². The molecule has 1 heterocycles. The van der Waals surface area contributed by atoms with Crippen LogP contribution >= 0.6 is 0 Å². The normalized spacial score (nSPS) is 10.7. The maximum absolute atomic E-state index is 12.3. The Morgan fingerprint density at radius 3 is 2.78 bits per heavy atom. The fourth-order valence-corrected chi connectivity index (χ4v) is 2.60. The molecule has 0 radical (unpaired) electrons. The van der Waals surface area contributed by atoms with Crippen LogP contribution in [-0.4, -0.2) is 29.4 Å². The lowest BCUT2D eigenvalue weighted by Crippen LogP contribution is -2.10. The van der Waals surface area contributed by atoms with Gasteiger partial charge in [-0.15, -0.1) is 0 Å². The van der Waals surface area contributed by atoms with E-state index in [4.69, 9.17) is 9.47 Å². The minimum atomic E-state index is -0.234. The molecule has 2 aromatic carbocycles. The molecule has 1 amide bonds. The molecule has 0 aliphatic rings. The predicted molar refractivity (Wildman–Crippen MR) is 105 cm³/mol. The molecule has 0 fully saturated rings. The summed E-state index contributed by atoms with van der Waals surface area (Å²) in [7, 11) is 1.59. The highest BCUT2D eigenvalue weighted by molar-refractivity contribution is 6.03. The van der Waals surface area contributed by atoms with Gasteiger partial charge in [0.05, 0.1) is 25.1 Å². The monoisotopic (exact) mass is 363 g/mol. The first-order valence-electron chi connectivity index (χ1n) is 8.60. The molecule has 0 saturated carbocycles. The lowest BCUT2D eigenvalue weighted by atomic mass is 10.2. The third-order valence-corrected chi connectivity index (χ3v) is 3.83. The van der Waals surface area contributed by atoms with Crippen molar-refractivity contribution in [2.75, 3.05) is 19.0 Å². The summed E-state index contributed by atoms with van der Waals surface area (Å²) in [5, 5.41) is 7.10. The number of benzene rings is 2. The van der Waals surface area contributed by atoms with Crippen molar-refractivity contribution in [1.29, 1.82) is 0 Å². The second-order valence-electron chi connectivity index (χ2n) is 5.63. The Morgan fingerprint density at radius 2 is 2.04 bits per heavy atom. The molecule has 0 unspecified atom stereocenters. The van der Waals surface area contributed by atoms with Crippen LogP contribution in [0.15, 0.2) is 67.0 Å². The van der Waals surface area contributed by atoms with E-state index >= 15 is 0 Å². The molecule has 1 N–H and O–H groups in total. The molecule has 0 saturated heterocycles. The quantitative estimate of drug-likeness (QED) is 0.646. The zero-order valence-corrected chi connectivity index (χ0v) is 15.3. The van der Waals surface area contributed by atoms with Crippen LogP contribution in [0.1, 0.15) is 12.5 Å². The van der Waals surface area contributed by atoms with Gasteiger partial charge in [-0.1, -0.05) is 18.2 Å². The van der Waals surface area contributed by atoms with Gasteiger partial charge in [-0.05, 0) is 48.9 Å². The summed E-state index contributed by atoms with van der Waals surface area (Å²) in [5.41, 5.74) is 2.32. The van der Waals surface area contributed by atoms with Crippen LogP contribution in [0.3, 0.4) is 0 Å². The first kappa shape index (κ1) is 18.3. The van der Waals surface area contributed by atoms with Gasteiger partial charge in [-0.2, -0.15) is 5.10 Å². The van der Waals surface area contributed by atoms with E-state index in [9.17, 15) is 4.79 Å². The second-order valence-corrected chi connectivity index (χ2v) is 5.63. The molecule has 27 heavy (non-hydrogen) atoms. The fourth-order valence-electron chi connectivity index (χ4n) is 2.60. The number of para-hydroxylation sites is 2. The Kier molecular flexibility index (Phi) is 5.89. The summed E-state index contributed by atoms with van der Waals surface area (Å²) in [5.74, 6) is 1.07. The van der Waals surface area contributed by atoms with Gasteiger partial charge < -0.3 is 14.8 Å². The SMILES string of the molecule is CCOc1ccc(/C=C/C(=O)Nc2ccccc2-n2cccn2)cc1OC. The average Bonchev–Trinajstić information content (AvgIpc) is 3.22. The van der Waals surface area contributed by atoms with Gasteiger partial charge in [0.1, 0.15) is 0 Å². The van der Waals surface area contributed by atoms with Crippen molar-refractivity contribution in [3.8, 4) is 17.2 Å². The second kappa shape index (κ2) is 8.71. The van der Waals surface area contributed by atoms with Gasteiger partial charge in [0.25, 0.3) is 0 Å². The Labute approximate surface area is 158 Å². The number of carbonyl (C=O) groups is 1. The zero-order chi connectivity index (χ0) is 19.1. The lowest BCUT2D eigenvalue weighted by Gasteiger charge is -2.10. The first-order valence-corrected chi connectivity index (χ1v) is 8.60. The summed E-state index contributed by atoms with van der Waals surface area (Å²) in [6.45, 7) is 2.47. The minimum absolute atomic E-state index is 0.234. The molecule has 0 bridgehead atoms. The third-order valence-electron chi connectivity index (χ3n) is 3.83. The maximum Gasteiger partial charge on any atom is 0.248 e. The third kappa shape index (κ3) is 4.55. The van der Waals surface area contributed by atoms with Crippen molar-refractivity contribution in [2.45, 2.75) is 6.92 Å². The van der Waals surface area contributed by atoms with E-state index in [1.807, 2.05) is 61.7 Å². The van der Waals surface area contributed by atoms with Crippen LogP contribution in [0.5, 0.6) is 11.5 Å². The number of methoxy groups -OCH3 is 1. The molecule has 0 spiro atoms. The zero-order valence-electron chi connectivity index (χ0n) is 15.3. The van der Waals surface area contributed by atoms with Crippen molar-refractivity contribution in [2.24, 2.45) is 0 Å². The van der Waals surface area contributed by atoms with Gasteiger partial charge in [-0.25, -0.2) is 4.68 Å². The molecule has 1 aromatic heterocycles. The van der Waals surface area contributed by atoms with E-state index in [0.29, 0.717) is 23.8 Å². The van der Waals surface area contributed by atoms with Gasteiger partial charge in [-0.3, -0.25) is 4.79 Å². The molecule has 0 aliphatic carbocycles. The number of anilines is 1. The Balaban J connectivity index is 1.73. The fraction of sp³-hybridized carbons (Fsp3) is 0.143. The van der Waals surface area contributed by atoms with Crippen molar-refractivity contribution in [1.82, 2.24) is 9.78 Å². The average molecular weight is 363 g/mol. The first-order chi connectivity index (χ1) is 13.2. The number of hydrogen-bond donors (Lipinski definition) is 1. The van der Waals surface area contributed by atoms with E-state index < -0.39 is 0 Å². The molecule has 0 atom stereocenters. The smallest absolute Gasteiger partial charge is 0.248 e. The number of nitrogens with one attached hydrogen (secondary N) is 1. The standard InChI is InChI=1S/C21H21N3O3/c1-3-27-19-11-9-16(15-20(19)26-2)10-12-21(25)23-17-7-4-5-8-18(17)24-14-6-13-22-24/h4-15H,3H2,1-2H3,(H,23,25)/b12-10+. The van der Waals surface area contributed by atoms with E-state index in [1.165, 1.54) is 6.08 Å². The largest absolute Gasteiger partial charge is 0.493 e. The van der Waals surface area contributed by atoms with Crippen molar-refractivity contribution >= 4 is 17.7 Å². The topological polar surface area (TPSA) is 65.4 Å². The number of nitrogens with zero attached hydrogens (tertiary/aromatic N) is 2. The summed E-state index contributed by atoms with van der Waals surface area (Å²) < 4.78 is 12.5. The van der Waals surface area contributed by atoms with Gasteiger partial charge in [0.2, 0.25) is 5.91 Å². The van der Waals surface area contributed by atoms with Crippen molar-refractivity contribution in [3.63, 3.8) is 0 Å². The van der Waals surface area contributed by atoms with Gasteiger partial charge in [0, 0.05) is 18.5 Å². The maximum atomic E-state index is 12.3. The van der Waals surface area contributed by atoms with E-state index in [0.717, 1.165) is 11.3 Å². The summed E-state index contributed by atoms with van der Waals surface area (Å²) in [4.78, 5) is 12.3. The molecule has 3 rings (SSSR count). The van der Waals surface area contributed by atoms with Crippen LogP contribution in [0.4, 0.5) is 5.69 Å². The summed E-state index contributed by atoms with van der Waals surface area (Å²) >= 11 is 0. The molecule has 6 nitrogen and oxygen atoms in total. The molecule has 6 heteroatoms. The molecular formula is C21H21N3O3.